The first-order valence-corrected chi connectivity index (χ1v) is 8.71. The average molecular weight is 314 g/mol. The summed E-state index contributed by atoms with van der Waals surface area (Å²) in [6, 6.07) is 12.4. The Morgan fingerprint density at radius 1 is 1.26 bits per heavy atom. The first-order chi connectivity index (χ1) is 11.3. The van der Waals surface area contributed by atoms with E-state index in [1.54, 1.807) is 0 Å². The fourth-order valence-electron chi connectivity index (χ4n) is 3.33. The quantitative estimate of drug-likeness (QED) is 0.813. The third-order valence-corrected chi connectivity index (χ3v) is 4.88. The SMILES string of the molecule is CCC(CNC1CCCC1)C(O)c1cc(-c2ccccc2)no1. The van der Waals surface area contributed by atoms with Crippen LogP contribution in [0.2, 0.25) is 0 Å². The van der Waals surface area contributed by atoms with E-state index in [4.69, 9.17) is 4.52 Å². The van der Waals surface area contributed by atoms with Crippen molar-refractivity contribution in [2.45, 2.75) is 51.2 Å². The number of hydrogen-bond acceptors (Lipinski definition) is 4. The fourth-order valence-corrected chi connectivity index (χ4v) is 3.33. The molecule has 1 fully saturated rings. The lowest BCUT2D eigenvalue weighted by Gasteiger charge is -2.22. The van der Waals surface area contributed by atoms with E-state index in [1.807, 2.05) is 36.4 Å². The third kappa shape index (κ3) is 4.01. The maximum Gasteiger partial charge on any atom is 0.166 e. The topological polar surface area (TPSA) is 58.3 Å². The van der Waals surface area contributed by atoms with Crippen molar-refractivity contribution in [3.05, 3.63) is 42.2 Å². The molecule has 0 bridgehead atoms. The summed E-state index contributed by atoms with van der Waals surface area (Å²) >= 11 is 0. The van der Waals surface area contributed by atoms with Crippen LogP contribution in [0.4, 0.5) is 0 Å². The van der Waals surface area contributed by atoms with Crippen LogP contribution >= 0.6 is 0 Å². The van der Waals surface area contributed by atoms with Crippen LogP contribution in [-0.4, -0.2) is 22.8 Å². The molecule has 0 saturated heterocycles. The highest BCUT2D eigenvalue weighted by molar-refractivity contribution is 5.58. The van der Waals surface area contributed by atoms with Gasteiger partial charge in [-0.15, -0.1) is 0 Å². The van der Waals surface area contributed by atoms with Gasteiger partial charge in [-0.1, -0.05) is 55.3 Å². The van der Waals surface area contributed by atoms with Crippen molar-refractivity contribution in [3.63, 3.8) is 0 Å². The number of aliphatic hydroxyl groups is 1. The Bertz CT molecular complexity index is 590. The summed E-state index contributed by atoms with van der Waals surface area (Å²) in [5, 5.41) is 18.3. The molecule has 4 heteroatoms. The van der Waals surface area contributed by atoms with E-state index in [2.05, 4.69) is 17.4 Å². The van der Waals surface area contributed by atoms with Crippen molar-refractivity contribution < 1.29 is 9.63 Å². The molecule has 23 heavy (non-hydrogen) atoms. The molecule has 2 N–H and O–H groups in total. The highest BCUT2D eigenvalue weighted by Gasteiger charge is 2.25. The molecule has 1 heterocycles. The van der Waals surface area contributed by atoms with Crippen molar-refractivity contribution >= 4 is 0 Å². The zero-order valence-electron chi connectivity index (χ0n) is 13.7. The molecule has 0 amide bonds. The Kier molecular flexibility index (Phi) is 5.47. The lowest BCUT2D eigenvalue weighted by Crippen LogP contribution is -2.33. The van der Waals surface area contributed by atoms with Crippen molar-refractivity contribution in [2.75, 3.05) is 6.54 Å². The number of hydrogen-bond donors (Lipinski definition) is 2. The smallest absolute Gasteiger partial charge is 0.166 e. The highest BCUT2D eigenvalue weighted by atomic mass is 16.5. The minimum absolute atomic E-state index is 0.146. The van der Waals surface area contributed by atoms with E-state index in [9.17, 15) is 5.11 Å². The van der Waals surface area contributed by atoms with Crippen LogP contribution in [-0.2, 0) is 0 Å². The van der Waals surface area contributed by atoms with Gasteiger partial charge in [0, 0.05) is 30.1 Å². The molecule has 0 spiro atoms. The molecule has 1 saturated carbocycles. The van der Waals surface area contributed by atoms with E-state index in [0.29, 0.717) is 11.8 Å². The molecule has 3 rings (SSSR count). The monoisotopic (exact) mass is 314 g/mol. The van der Waals surface area contributed by atoms with Gasteiger partial charge in [0.1, 0.15) is 11.8 Å². The Hall–Kier alpha value is -1.65. The molecule has 0 aliphatic heterocycles. The number of aliphatic hydroxyl groups excluding tert-OH is 1. The average Bonchev–Trinajstić information content (AvgIpc) is 3.28. The third-order valence-electron chi connectivity index (χ3n) is 4.88. The predicted octanol–water partition coefficient (Wildman–Crippen LogP) is 3.93. The zero-order chi connectivity index (χ0) is 16.1. The van der Waals surface area contributed by atoms with Crippen LogP contribution < -0.4 is 5.32 Å². The van der Waals surface area contributed by atoms with Crippen LogP contribution in [0.3, 0.4) is 0 Å². The molecule has 2 unspecified atom stereocenters. The maximum atomic E-state index is 10.6. The van der Waals surface area contributed by atoms with Crippen LogP contribution in [0.25, 0.3) is 11.3 Å². The Balaban J connectivity index is 1.63. The lowest BCUT2D eigenvalue weighted by molar-refractivity contribution is 0.0750. The molecule has 2 aromatic rings. The summed E-state index contributed by atoms with van der Waals surface area (Å²) in [6.07, 6.45) is 5.44. The Labute approximate surface area is 137 Å². The summed E-state index contributed by atoms with van der Waals surface area (Å²) in [4.78, 5) is 0. The number of benzene rings is 1. The van der Waals surface area contributed by atoms with Gasteiger partial charge in [0.2, 0.25) is 0 Å². The van der Waals surface area contributed by atoms with Gasteiger partial charge >= 0.3 is 0 Å². The van der Waals surface area contributed by atoms with Gasteiger partial charge in [0.05, 0.1) is 0 Å². The Morgan fingerprint density at radius 2 is 2.00 bits per heavy atom. The summed E-state index contributed by atoms with van der Waals surface area (Å²) in [6.45, 7) is 2.93. The Morgan fingerprint density at radius 3 is 2.70 bits per heavy atom. The summed E-state index contributed by atoms with van der Waals surface area (Å²) in [7, 11) is 0. The molecule has 1 aromatic heterocycles. The van der Waals surface area contributed by atoms with E-state index in [1.165, 1.54) is 25.7 Å². The van der Waals surface area contributed by atoms with Crippen molar-refractivity contribution in [1.82, 2.24) is 10.5 Å². The first kappa shape index (κ1) is 16.2. The molecule has 1 aromatic carbocycles. The molecular formula is C19H26N2O2. The van der Waals surface area contributed by atoms with Crippen molar-refractivity contribution in [2.24, 2.45) is 5.92 Å². The molecule has 2 atom stereocenters. The van der Waals surface area contributed by atoms with Crippen LogP contribution in [0.15, 0.2) is 40.9 Å². The second kappa shape index (κ2) is 7.75. The molecule has 124 valence electrons. The van der Waals surface area contributed by atoms with E-state index in [-0.39, 0.29) is 5.92 Å². The van der Waals surface area contributed by atoms with E-state index < -0.39 is 6.10 Å². The minimum Gasteiger partial charge on any atom is -0.385 e. The van der Waals surface area contributed by atoms with Gasteiger partial charge in [0.15, 0.2) is 5.76 Å². The second-order valence-electron chi connectivity index (χ2n) is 6.48. The van der Waals surface area contributed by atoms with Gasteiger partial charge in [-0.3, -0.25) is 0 Å². The second-order valence-corrected chi connectivity index (χ2v) is 6.48. The number of rotatable bonds is 7. The van der Waals surface area contributed by atoms with Gasteiger partial charge < -0.3 is 14.9 Å². The fraction of sp³-hybridized carbons (Fsp3) is 0.526. The van der Waals surface area contributed by atoms with Crippen LogP contribution in [0.5, 0.6) is 0 Å². The number of nitrogens with one attached hydrogen (secondary N) is 1. The van der Waals surface area contributed by atoms with Gasteiger partial charge in [-0.05, 0) is 19.3 Å². The van der Waals surface area contributed by atoms with Gasteiger partial charge in [-0.2, -0.15) is 0 Å². The molecule has 0 radical (unpaired) electrons. The zero-order valence-corrected chi connectivity index (χ0v) is 13.7. The first-order valence-electron chi connectivity index (χ1n) is 8.71. The van der Waals surface area contributed by atoms with E-state index >= 15 is 0 Å². The summed E-state index contributed by atoms with van der Waals surface area (Å²) in [5.74, 6) is 0.705. The number of aromatic nitrogens is 1. The van der Waals surface area contributed by atoms with Crippen molar-refractivity contribution in [3.8, 4) is 11.3 Å². The van der Waals surface area contributed by atoms with Crippen LogP contribution in [0.1, 0.15) is 50.9 Å². The van der Waals surface area contributed by atoms with Gasteiger partial charge in [-0.25, -0.2) is 0 Å². The summed E-state index contributed by atoms with van der Waals surface area (Å²) < 4.78 is 5.41. The minimum atomic E-state index is -0.612. The van der Waals surface area contributed by atoms with Crippen molar-refractivity contribution in [1.29, 1.82) is 0 Å². The molecular weight excluding hydrogens is 288 g/mol. The lowest BCUT2D eigenvalue weighted by atomic mass is 9.96. The molecule has 4 nitrogen and oxygen atoms in total. The molecule has 1 aliphatic rings. The standard InChI is InChI=1S/C19H26N2O2/c1-2-14(13-20-16-10-6-7-11-16)19(22)18-12-17(21-23-18)15-8-4-3-5-9-15/h3-5,8-9,12,14,16,19-20,22H,2,6-7,10-11,13H2,1H3. The maximum absolute atomic E-state index is 10.6. The largest absolute Gasteiger partial charge is 0.385 e. The van der Waals surface area contributed by atoms with E-state index in [0.717, 1.165) is 24.2 Å². The van der Waals surface area contributed by atoms with Crippen LogP contribution in [0, 0.1) is 5.92 Å². The summed E-state index contributed by atoms with van der Waals surface area (Å²) in [5.41, 5.74) is 1.78. The molecule has 1 aliphatic carbocycles. The highest BCUT2D eigenvalue weighted by Crippen LogP contribution is 2.28. The van der Waals surface area contributed by atoms with Gasteiger partial charge in [0.25, 0.3) is 0 Å². The normalized spacial score (nSPS) is 18.2. The number of nitrogens with zero attached hydrogens (tertiary/aromatic N) is 1. The predicted molar refractivity (Wildman–Crippen MR) is 90.9 cm³/mol.